The molecule has 0 aliphatic carbocycles. The van der Waals surface area contributed by atoms with Crippen LogP contribution in [-0.4, -0.2) is 16.1 Å². The fraction of sp³-hybridized carbons (Fsp3) is 0. The zero-order valence-corrected chi connectivity index (χ0v) is 7.88. The van der Waals surface area contributed by atoms with Gasteiger partial charge in [0.25, 0.3) is 0 Å². The molecule has 0 radical (unpaired) electrons. The van der Waals surface area contributed by atoms with Crippen molar-refractivity contribution in [2.24, 2.45) is 0 Å². The molecule has 0 unspecified atom stereocenters. The lowest BCUT2D eigenvalue weighted by atomic mass is 10.2. The van der Waals surface area contributed by atoms with Crippen molar-refractivity contribution in [3.05, 3.63) is 34.1 Å². The van der Waals surface area contributed by atoms with Crippen LogP contribution in [0.3, 0.4) is 0 Å². The van der Waals surface area contributed by atoms with Gasteiger partial charge in [-0.25, -0.2) is 9.78 Å². The van der Waals surface area contributed by atoms with E-state index in [0.717, 1.165) is 6.08 Å². The summed E-state index contributed by atoms with van der Waals surface area (Å²) in [6, 6.07) is 1.54. The molecule has 1 heterocycles. The van der Waals surface area contributed by atoms with Crippen molar-refractivity contribution in [2.45, 2.75) is 0 Å². The SMILES string of the molecule is O=C(O)/C=C/c1cnc(Cl)c(Cl)c1. The Labute approximate surface area is 84.6 Å². The zero-order chi connectivity index (χ0) is 9.84. The Hall–Kier alpha value is -1.06. The normalized spacial score (nSPS) is 10.6. The van der Waals surface area contributed by atoms with Crippen LogP contribution in [0.5, 0.6) is 0 Å². The van der Waals surface area contributed by atoms with E-state index in [0.29, 0.717) is 10.6 Å². The summed E-state index contributed by atoms with van der Waals surface area (Å²) in [6.45, 7) is 0. The smallest absolute Gasteiger partial charge is 0.328 e. The quantitative estimate of drug-likeness (QED) is 0.612. The Morgan fingerprint density at radius 1 is 1.54 bits per heavy atom. The highest BCUT2D eigenvalue weighted by Gasteiger charge is 1.98. The van der Waals surface area contributed by atoms with Crippen LogP contribution in [0.15, 0.2) is 18.3 Å². The number of pyridine rings is 1. The summed E-state index contributed by atoms with van der Waals surface area (Å²) in [6.07, 6.45) is 3.83. The van der Waals surface area contributed by atoms with E-state index in [4.69, 9.17) is 28.3 Å². The number of rotatable bonds is 2. The second-order valence-electron chi connectivity index (χ2n) is 2.21. The van der Waals surface area contributed by atoms with Crippen molar-refractivity contribution in [3.8, 4) is 0 Å². The van der Waals surface area contributed by atoms with Crippen LogP contribution in [0, 0.1) is 0 Å². The van der Waals surface area contributed by atoms with Crippen LogP contribution >= 0.6 is 23.2 Å². The van der Waals surface area contributed by atoms with E-state index in [1.165, 1.54) is 18.3 Å². The monoisotopic (exact) mass is 217 g/mol. The number of hydrogen-bond acceptors (Lipinski definition) is 2. The van der Waals surface area contributed by atoms with Crippen molar-refractivity contribution >= 4 is 35.2 Å². The predicted octanol–water partition coefficient (Wildman–Crippen LogP) is 2.49. The van der Waals surface area contributed by atoms with Gasteiger partial charge in [0.1, 0.15) is 5.15 Å². The first-order valence-corrected chi connectivity index (χ1v) is 4.07. The number of carbonyl (C=O) groups is 1. The Balaban J connectivity index is 2.92. The van der Waals surface area contributed by atoms with Gasteiger partial charge >= 0.3 is 5.97 Å². The first-order valence-electron chi connectivity index (χ1n) is 3.31. The second-order valence-corrected chi connectivity index (χ2v) is 2.98. The van der Waals surface area contributed by atoms with Crippen molar-refractivity contribution in [1.29, 1.82) is 0 Å². The minimum absolute atomic E-state index is 0.203. The van der Waals surface area contributed by atoms with E-state index >= 15 is 0 Å². The molecule has 0 fully saturated rings. The number of aliphatic carboxylic acids is 1. The van der Waals surface area contributed by atoms with Crippen LogP contribution in [0.1, 0.15) is 5.56 Å². The largest absolute Gasteiger partial charge is 0.478 e. The molecule has 0 aromatic carbocycles. The lowest BCUT2D eigenvalue weighted by Gasteiger charge is -1.95. The predicted molar refractivity (Wildman–Crippen MR) is 50.9 cm³/mol. The van der Waals surface area contributed by atoms with Gasteiger partial charge in [-0.15, -0.1) is 0 Å². The summed E-state index contributed by atoms with van der Waals surface area (Å²) in [7, 11) is 0. The fourth-order valence-electron chi connectivity index (χ4n) is 0.695. The number of aromatic nitrogens is 1. The number of carboxylic acid groups (broad SMARTS) is 1. The molecule has 13 heavy (non-hydrogen) atoms. The maximum atomic E-state index is 10.2. The molecule has 0 saturated carbocycles. The van der Waals surface area contributed by atoms with Crippen molar-refractivity contribution in [2.75, 3.05) is 0 Å². The molecule has 0 bridgehead atoms. The number of nitrogens with zero attached hydrogens (tertiary/aromatic N) is 1. The Morgan fingerprint density at radius 3 is 2.77 bits per heavy atom. The maximum absolute atomic E-state index is 10.2. The molecule has 0 aliphatic rings. The van der Waals surface area contributed by atoms with Crippen LogP contribution in [-0.2, 0) is 4.79 Å². The Morgan fingerprint density at radius 2 is 2.23 bits per heavy atom. The molecular formula is C8H5Cl2NO2. The van der Waals surface area contributed by atoms with Crippen molar-refractivity contribution in [1.82, 2.24) is 4.98 Å². The van der Waals surface area contributed by atoms with Gasteiger partial charge in [0.15, 0.2) is 0 Å². The summed E-state index contributed by atoms with van der Waals surface area (Å²) in [5.74, 6) is -1.02. The molecule has 0 saturated heterocycles. The van der Waals surface area contributed by atoms with E-state index in [1.54, 1.807) is 0 Å². The van der Waals surface area contributed by atoms with Gasteiger partial charge < -0.3 is 5.11 Å². The van der Waals surface area contributed by atoms with Crippen LogP contribution in [0.4, 0.5) is 0 Å². The van der Waals surface area contributed by atoms with Crippen LogP contribution in [0.25, 0.3) is 6.08 Å². The molecule has 0 spiro atoms. The lowest BCUT2D eigenvalue weighted by Crippen LogP contribution is -1.86. The Bertz CT molecular complexity index is 363. The van der Waals surface area contributed by atoms with Gasteiger partial charge in [-0.05, 0) is 17.7 Å². The van der Waals surface area contributed by atoms with Crippen molar-refractivity contribution < 1.29 is 9.90 Å². The highest BCUT2D eigenvalue weighted by Crippen LogP contribution is 2.20. The van der Waals surface area contributed by atoms with E-state index in [-0.39, 0.29) is 5.15 Å². The lowest BCUT2D eigenvalue weighted by molar-refractivity contribution is -0.131. The fourth-order valence-corrected chi connectivity index (χ4v) is 0.973. The molecule has 0 atom stereocenters. The van der Waals surface area contributed by atoms with Gasteiger partial charge in [-0.2, -0.15) is 0 Å². The summed E-state index contributed by atoms with van der Waals surface area (Å²) in [4.78, 5) is 13.9. The van der Waals surface area contributed by atoms with Crippen LogP contribution < -0.4 is 0 Å². The molecule has 1 aromatic rings. The zero-order valence-electron chi connectivity index (χ0n) is 6.37. The standard InChI is InChI=1S/C8H5Cl2NO2/c9-6-3-5(1-2-7(12)13)4-11-8(6)10/h1-4H,(H,12,13)/b2-1+. The third kappa shape index (κ3) is 3.05. The third-order valence-electron chi connectivity index (χ3n) is 1.24. The van der Waals surface area contributed by atoms with E-state index in [9.17, 15) is 4.79 Å². The molecular weight excluding hydrogens is 213 g/mol. The van der Waals surface area contributed by atoms with E-state index in [1.807, 2.05) is 0 Å². The van der Waals surface area contributed by atoms with Gasteiger partial charge in [0.05, 0.1) is 5.02 Å². The molecule has 68 valence electrons. The minimum Gasteiger partial charge on any atom is -0.478 e. The van der Waals surface area contributed by atoms with Crippen molar-refractivity contribution in [3.63, 3.8) is 0 Å². The topological polar surface area (TPSA) is 50.2 Å². The first-order chi connectivity index (χ1) is 6.09. The average Bonchev–Trinajstić information content (AvgIpc) is 2.07. The molecule has 0 amide bonds. The first kappa shape index (κ1) is 10.0. The number of halogens is 2. The van der Waals surface area contributed by atoms with Crippen LogP contribution in [0.2, 0.25) is 10.2 Å². The van der Waals surface area contributed by atoms with E-state index < -0.39 is 5.97 Å². The van der Waals surface area contributed by atoms with Gasteiger partial charge in [-0.3, -0.25) is 0 Å². The summed E-state index contributed by atoms with van der Waals surface area (Å²) >= 11 is 11.2. The number of hydrogen-bond donors (Lipinski definition) is 1. The third-order valence-corrected chi connectivity index (χ3v) is 1.92. The number of carboxylic acids is 1. The molecule has 5 heteroatoms. The van der Waals surface area contributed by atoms with Gasteiger partial charge in [0.2, 0.25) is 0 Å². The second kappa shape index (κ2) is 4.25. The van der Waals surface area contributed by atoms with Gasteiger partial charge in [-0.1, -0.05) is 23.2 Å². The van der Waals surface area contributed by atoms with Gasteiger partial charge in [0, 0.05) is 12.3 Å². The average molecular weight is 218 g/mol. The maximum Gasteiger partial charge on any atom is 0.328 e. The minimum atomic E-state index is -1.02. The summed E-state index contributed by atoms with van der Waals surface area (Å²) in [5.41, 5.74) is 0.594. The molecule has 0 aliphatic heterocycles. The van der Waals surface area contributed by atoms with E-state index in [2.05, 4.69) is 4.98 Å². The molecule has 3 nitrogen and oxygen atoms in total. The molecule has 1 N–H and O–H groups in total. The highest BCUT2D eigenvalue weighted by atomic mass is 35.5. The molecule has 1 rings (SSSR count). The summed E-state index contributed by atoms with van der Waals surface area (Å²) < 4.78 is 0. The highest BCUT2D eigenvalue weighted by molar-refractivity contribution is 6.41. The summed E-state index contributed by atoms with van der Waals surface area (Å²) in [5, 5.41) is 8.84. The Kier molecular flexibility index (Phi) is 3.28. The molecule has 1 aromatic heterocycles.